The van der Waals surface area contributed by atoms with Crippen molar-refractivity contribution < 1.29 is 18.7 Å². The summed E-state index contributed by atoms with van der Waals surface area (Å²) in [6.07, 6.45) is -1.65. The van der Waals surface area contributed by atoms with Gasteiger partial charge < -0.3 is 5.11 Å². The van der Waals surface area contributed by atoms with E-state index in [0.29, 0.717) is 0 Å². The van der Waals surface area contributed by atoms with Crippen LogP contribution < -0.4 is 0 Å². The average Bonchev–Trinajstić information content (AvgIpc) is 2.16. The number of aromatic carboxylic acids is 1. The standard InChI is InChI=1S/C8H6BrF2NO2/c9-2-6-5(7(10)11)1-4(3-12-6)8(13)14/h1,3,7H,2H2,(H,13,14). The zero-order chi connectivity index (χ0) is 10.7. The Morgan fingerprint density at radius 1 is 1.64 bits per heavy atom. The van der Waals surface area contributed by atoms with Crippen molar-refractivity contribution in [3.63, 3.8) is 0 Å². The fraction of sp³-hybridized carbons (Fsp3) is 0.250. The summed E-state index contributed by atoms with van der Waals surface area (Å²) < 4.78 is 24.8. The van der Waals surface area contributed by atoms with E-state index in [1.165, 1.54) is 0 Å². The number of carboxylic acids is 1. The van der Waals surface area contributed by atoms with Gasteiger partial charge in [0.25, 0.3) is 6.43 Å². The van der Waals surface area contributed by atoms with Crippen LogP contribution in [0.1, 0.15) is 28.0 Å². The summed E-state index contributed by atoms with van der Waals surface area (Å²) in [5.41, 5.74) is -0.420. The highest BCUT2D eigenvalue weighted by Gasteiger charge is 2.16. The lowest BCUT2D eigenvalue weighted by Gasteiger charge is -2.05. The highest BCUT2D eigenvalue weighted by molar-refractivity contribution is 9.08. The summed E-state index contributed by atoms with van der Waals surface area (Å²) in [5.74, 6) is -1.26. The van der Waals surface area contributed by atoms with E-state index in [0.717, 1.165) is 12.3 Å². The van der Waals surface area contributed by atoms with Crippen LogP contribution in [0.5, 0.6) is 0 Å². The summed E-state index contributed by atoms with van der Waals surface area (Å²) in [4.78, 5) is 14.1. The summed E-state index contributed by atoms with van der Waals surface area (Å²) in [7, 11) is 0. The maximum atomic E-state index is 12.4. The second kappa shape index (κ2) is 4.45. The SMILES string of the molecule is O=C(O)c1cnc(CBr)c(C(F)F)c1. The molecule has 0 aliphatic carbocycles. The number of carbonyl (C=O) groups is 1. The quantitative estimate of drug-likeness (QED) is 0.855. The Labute approximate surface area is 86.9 Å². The highest BCUT2D eigenvalue weighted by Crippen LogP contribution is 2.24. The van der Waals surface area contributed by atoms with Gasteiger partial charge >= 0.3 is 5.97 Å². The molecule has 1 aromatic heterocycles. The van der Waals surface area contributed by atoms with Crippen LogP contribution >= 0.6 is 15.9 Å². The number of nitrogens with zero attached hydrogens (tertiary/aromatic N) is 1. The number of halogens is 3. The van der Waals surface area contributed by atoms with Gasteiger partial charge in [0.05, 0.1) is 11.3 Å². The lowest BCUT2D eigenvalue weighted by atomic mass is 10.1. The molecular formula is C8H6BrF2NO2. The molecule has 14 heavy (non-hydrogen) atoms. The van der Waals surface area contributed by atoms with Crippen molar-refractivity contribution in [2.75, 3.05) is 0 Å². The molecule has 0 amide bonds. The first-order valence-electron chi connectivity index (χ1n) is 3.62. The predicted molar refractivity (Wildman–Crippen MR) is 48.8 cm³/mol. The summed E-state index contributed by atoms with van der Waals surface area (Å²) in [5, 5.41) is 8.73. The van der Waals surface area contributed by atoms with Crippen LogP contribution in [-0.2, 0) is 5.33 Å². The molecule has 0 atom stereocenters. The summed E-state index contributed by atoms with van der Waals surface area (Å²) in [6.45, 7) is 0. The lowest BCUT2D eigenvalue weighted by Crippen LogP contribution is -2.03. The van der Waals surface area contributed by atoms with E-state index in [4.69, 9.17) is 5.11 Å². The fourth-order valence-corrected chi connectivity index (χ4v) is 1.40. The van der Waals surface area contributed by atoms with E-state index in [2.05, 4.69) is 20.9 Å². The fourth-order valence-electron chi connectivity index (χ4n) is 0.928. The number of hydrogen-bond acceptors (Lipinski definition) is 2. The van der Waals surface area contributed by atoms with Gasteiger partial charge in [-0.05, 0) is 6.07 Å². The Bertz CT molecular complexity index is 357. The van der Waals surface area contributed by atoms with Gasteiger partial charge in [-0.3, -0.25) is 4.98 Å². The molecular weight excluding hydrogens is 260 g/mol. The minimum absolute atomic E-state index is 0.157. The van der Waals surface area contributed by atoms with Gasteiger partial charge in [0.2, 0.25) is 0 Å². The maximum Gasteiger partial charge on any atom is 0.337 e. The lowest BCUT2D eigenvalue weighted by molar-refractivity contribution is 0.0696. The third-order valence-electron chi connectivity index (χ3n) is 1.61. The van der Waals surface area contributed by atoms with Gasteiger partial charge in [0, 0.05) is 17.1 Å². The van der Waals surface area contributed by atoms with Crippen LogP contribution in [0.3, 0.4) is 0 Å². The average molecular weight is 266 g/mol. The van der Waals surface area contributed by atoms with Crippen LogP contribution in [0.15, 0.2) is 12.3 Å². The molecule has 0 spiro atoms. The number of aromatic nitrogens is 1. The second-order valence-corrected chi connectivity index (χ2v) is 3.06. The van der Waals surface area contributed by atoms with Crippen LogP contribution in [0.25, 0.3) is 0 Å². The van der Waals surface area contributed by atoms with Crippen molar-refractivity contribution in [2.45, 2.75) is 11.8 Å². The molecule has 0 fully saturated rings. The number of alkyl halides is 3. The monoisotopic (exact) mass is 265 g/mol. The van der Waals surface area contributed by atoms with Crippen molar-refractivity contribution in [2.24, 2.45) is 0 Å². The highest BCUT2D eigenvalue weighted by atomic mass is 79.9. The number of rotatable bonds is 3. The Morgan fingerprint density at radius 3 is 2.71 bits per heavy atom. The van der Waals surface area contributed by atoms with E-state index in [1.54, 1.807) is 0 Å². The molecule has 1 heterocycles. The molecule has 0 aliphatic rings. The number of pyridine rings is 1. The zero-order valence-electron chi connectivity index (χ0n) is 6.88. The third kappa shape index (κ3) is 2.25. The van der Waals surface area contributed by atoms with Gasteiger partial charge in [-0.1, -0.05) is 15.9 Å². The van der Waals surface area contributed by atoms with Crippen LogP contribution in [0.4, 0.5) is 8.78 Å². The molecule has 0 radical (unpaired) electrons. The van der Waals surface area contributed by atoms with Gasteiger partial charge in [-0.2, -0.15) is 0 Å². The third-order valence-corrected chi connectivity index (χ3v) is 2.14. The van der Waals surface area contributed by atoms with E-state index in [9.17, 15) is 13.6 Å². The molecule has 1 rings (SSSR count). The molecule has 0 aliphatic heterocycles. The Kier molecular flexibility index (Phi) is 3.51. The van der Waals surface area contributed by atoms with Crippen molar-refractivity contribution in [3.05, 3.63) is 29.1 Å². The van der Waals surface area contributed by atoms with Crippen molar-refractivity contribution in [1.29, 1.82) is 0 Å². The molecule has 3 nitrogen and oxygen atoms in total. The van der Waals surface area contributed by atoms with E-state index < -0.39 is 12.4 Å². The van der Waals surface area contributed by atoms with Crippen LogP contribution in [0.2, 0.25) is 0 Å². The molecule has 6 heteroatoms. The van der Waals surface area contributed by atoms with Gasteiger partial charge in [-0.25, -0.2) is 13.6 Å². The molecule has 1 N–H and O–H groups in total. The number of hydrogen-bond donors (Lipinski definition) is 1. The van der Waals surface area contributed by atoms with Gasteiger partial charge in [0.15, 0.2) is 0 Å². The molecule has 0 saturated heterocycles. The van der Waals surface area contributed by atoms with Gasteiger partial charge in [-0.15, -0.1) is 0 Å². The smallest absolute Gasteiger partial charge is 0.337 e. The summed E-state index contributed by atoms with van der Waals surface area (Å²) in [6, 6.07) is 0.941. The first-order chi connectivity index (χ1) is 6.56. The molecule has 1 aromatic rings. The first-order valence-corrected chi connectivity index (χ1v) is 4.74. The number of carboxylic acid groups (broad SMARTS) is 1. The van der Waals surface area contributed by atoms with Gasteiger partial charge in [0.1, 0.15) is 0 Å². The van der Waals surface area contributed by atoms with E-state index in [1.807, 2.05) is 0 Å². The molecule has 0 unspecified atom stereocenters. The zero-order valence-corrected chi connectivity index (χ0v) is 8.46. The van der Waals surface area contributed by atoms with Crippen LogP contribution in [0, 0.1) is 0 Å². The molecule has 0 saturated carbocycles. The summed E-state index contributed by atoms with van der Waals surface area (Å²) >= 11 is 2.99. The largest absolute Gasteiger partial charge is 0.478 e. The van der Waals surface area contributed by atoms with Crippen molar-refractivity contribution in [1.82, 2.24) is 4.98 Å². The Hall–Kier alpha value is -1.04. The Balaban J connectivity index is 3.20. The Morgan fingerprint density at radius 2 is 2.29 bits per heavy atom. The van der Waals surface area contributed by atoms with Crippen molar-refractivity contribution >= 4 is 21.9 Å². The normalized spacial score (nSPS) is 10.6. The maximum absolute atomic E-state index is 12.4. The van der Waals surface area contributed by atoms with E-state index >= 15 is 0 Å². The minimum atomic E-state index is -2.71. The topological polar surface area (TPSA) is 50.2 Å². The first kappa shape index (κ1) is 11.0. The molecule has 0 aromatic carbocycles. The molecule has 76 valence electrons. The minimum Gasteiger partial charge on any atom is -0.478 e. The second-order valence-electron chi connectivity index (χ2n) is 2.50. The molecule has 0 bridgehead atoms. The predicted octanol–water partition coefficient (Wildman–Crippen LogP) is 2.61. The van der Waals surface area contributed by atoms with Crippen LogP contribution in [-0.4, -0.2) is 16.1 Å². The van der Waals surface area contributed by atoms with Crippen molar-refractivity contribution in [3.8, 4) is 0 Å². The van der Waals surface area contributed by atoms with E-state index in [-0.39, 0.29) is 22.2 Å².